The molecule has 3 aromatic heterocycles. The van der Waals surface area contributed by atoms with E-state index in [0.717, 1.165) is 11.4 Å². The third kappa shape index (κ3) is 3.34. The first-order valence-electron chi connectivity index (χ1n) is 7.79. The quantitative estimate of drug-likeness (QED) is 0.713. The summed E-state index contributed by atoms with van der Waals surface area (Å²) in [5.74, 6) is 0.112. The van der Waals surface area contributed by atoms with Crippen molar-refractivity contribution in [1.29, 1.82) is 0 Å². The number of hydrogen-bond acceptors (Lipinski definition) is 4. The Morgan fingerprint density at radius 2 is 2.17 bits per heavy atom. The number of H-pyrrole nitrogens is 1. The maximum atomic E-state index is 12.6. The van der Waals surface area contributed by atoms with Gasteiger partial charge in [-0.05, 0) is 38.0 Å². The molecule has 0 bridgehead atoms. The number of pyridine rings is 1. The molecule has 0 radical (unpaired) electrons. The summed E-state index contributed by atoms with van der Waals surface area (Å²) in [6.07, 6.45) is 3.10. The maximum absolute atomic E-state index is 12.6. The molecule has 0 aliphatic heterocycles. The minimum Gasteiger partial charge on any atom is -0.345 e. The molecule has 0 fully saturated rings. The van der Waals surface area contributed by atoms with Crippen molar-refractivity contribution < 1.29 is 8.42 Å². The average molecular weight is 347 g/mol. The van der Waals surface area contributed by atoms with E-state index in [1.807, 2.05) is 31.5 Å². The smallest absolute Gasteiger partial charge is 0.242 e. The van der Waals surface area contributed by atoms with Gasteiger partial charge in [0.1, 0.15) is 10.5 Å². The molecule has 3 heterocycles. The highest BCUT2D eigenvalue weighted by molar-refractivity contribution is 7.89. The summed E-state index contributed by atoms with van der Waals surface area (Å²) in [6.45, 7) is 6.94. The number of aryl methyl sites for hydroxylation is 2. The minimum atomic E-state index is -3.59. The number of nitrogens with one attached hydrogen (secondary N) is 2. The number of aromatic nitrogens is 4. The first kappa shape index (κ1) is 16.7. The van der Waals surface area contributed by atoms with Gasteiger partial charge in [0, 0.05) is 36.6 Å². The number of nitrogens with zero attached hydrogens (tertiary/aromatic N) is 3. The Hall–Kier alpha value is -2.19. The SMILES string of the molecule is Cc1cc(C)n(C[C@H](C)CNS(=O)(=O)c2c[nH]c3ncccc23)n1. The Kier molecular flexibility index (Phi) is 4.42. The molecule has 24 heavy (non-hydrogen) atoms. The van der Waals surface area contributed by atoms with Gasteiger partial charge >= 0.3 is 0 Å². The van der Waals surface area contributed by atoms with Gasteiger partial charge in [-0.2, -0.15) is 5.10 Å². The molecule has 0 spiro atoms. The summed E-state index contributed by atoms with van der Waals surface area (Å²) in [6, 6.07) is 5.48. The van der Waals surface area contributed by atoms with Crippen molar-refractivity contribution in [2.45, 2.75) is 32.2 Å². The monoisotopic (exact) mass is 347 g/mol. The third-order valence-electron chi connectivity index (χ3n) is 3.91. The fourth-order valence-corrected chi connectivity index (χ4v) is 4.03. The molecule has 2 N–H and O–H groups in total. The Labute approximate surface area is 141 Å². The lowest BCUT2D eigenvalue weighted by Gasteiger charge is -2.14. The first-order valence-corrected chi connectivity index (χ1v) is 9.28. The summed E-state index contributed by atoms with van der Waals surface area (Å²) in [5.41, 5.74) is 2.60. The van der Waals surface area contributed by atoms with E-state index in [0.29, 0.717) is 24.1 Å². The summed E-state index contributed by atoms with van der Waals surface area (Å²) >= 11 is 0. The molecule has 1 atom stereocenters. The summed E-state index contributed by atoms with van der Waals surface area (Å²) in [5, 5.41) is 5.01. The van der Waals surface area contributed by atoms with Crippen LogP contribution in [0.4, 0.5) is 0 Å². The molecule has 0 saturated carbocycles. The Bertz CT molecular complexity index is 958. The van der Waals surface area contributed by atoms with Gasteiger partial charge in [-0.1, -0.05) is 6.92 Å². The van der Waals surface area contributed by atoms with Gasteiger partial charge in [-0.15, -0.1) is 0 Å². The Balaban J connectivity index is 1.70. The molecule has 0 aliphatic carbocycles. The van der Waals surface area contributed by atoms with E-state index >= 15 is 0 Å². The van der Waals surface area contributed by atoms with Crippen molar-refractivity contribution in [3.8, 4) is 0 Å². The second-order valence-corrected chi connectivity index (χ2v) is 7.85. The van der Waals surface area contributed by atoms with Crippen LogP contribution in [0.1, 0.15) is 18.3 Å². The zero-order valence-corrected chi connectivity index (χ0v) is 14.8. The topological polar surface area (TPSA) is 92.7 Å². The molecular formula is C16H21N5O2S. The van der Waals surface area contributed by atoms with E-state index in [9.17, 15) is 8.42 Å². The van der Waals surface area contributed by atoms with Gasteiger partial charge in [0.15, 0.2) is 0 Å². The van der Waals surface area contributed by atoms with Crippen molar-refractivity contribution in [3.05, 3.63) is 42.0 Å². The summed E-state index contributed by atoms with van der Waals surface area (Å²) in [7, 11) is -3.59. The average Bonchev–Trinajstić information content (AvgIpc) is 3.09. The maximum Gasteiger partial charge on any atom is 0.242 e. The van der Waals surface area contributed by atoms with E-state index in [4.69, 9.17) is 0 Å². The van der Waals surface area contributed by atoms with Crippen molar-refractivity contribution in [2.75, 3.05) is 6.54 Å². The fourth-order valence-electron chi connectivity index (χ4n) is 2.70. The molecule has 3 aromatic rings. The van der Waals surface area contributed by atoms with Gasteiger partial charge < -0.3 is 4.98 Å². The van der Waals surface area contributed by atoms with Crippen LogP contribution in [0.2, 0.25) is 0 Å². The van der Waals surface area contributed by atoms with E-state index < -0.39 is 10.0 Å². The number of sulfonamides is 1. The molecule has 0 saturated heterocycles. The van der Waals surface area contributed by atoms with Crippen LogP contribution in [0.5, 0.6) is 0 Å². The molecule has 0 amide bonds. The van der Waals surface area contributed by atoms with Crippen LogP contribution >= 0.6 is 0 Å². The van der Waals surface area contributed by atoms with E-state index in [-0.39, 0.29) is 10.8 Å². The molecule has 7 nitrogen and oxygen atoms in total. The fraction of sp³-hybridized carbons (Fsp3) is 0.375. The molecular weight excluding hydrogens is 326 g/mol. The molecule has 0 aromatic carbocycles. The predicted octanol–water partition coefficient (Wildman–Crippen LogP) is 1.99. The van der Waals surface area contributed by atoms with E-state index in [1.54, 1.807) is 18.3 Å². The van der Waals surface area contributed by atoms with Crippen molar-refractivity contribution in [3.63, 3.8) is 0 Å². The van der Waals surface area contributed by atoms with Gasteiger partial charge in [-0.25, -0.2) is 18.1 Å². The summed E-state index contributed by atoms with van der Waals surface area (Å²) < 4.78 is 29.7. The lowest BCUT2D eigenvalue weighted by Crippen LogP contribution is -2.30. The number of hydrogen-bond donors (Lipinski definition) is 2. The predicted molar refractivity (Wildman–Crippen MR) is 92.1 cm³/mol. The van der Waals surface area contributed by atoms with Crippen molar-refractivity contribution in [1.82, 2.24) is 24.5 Å². The van der Waals surface area contributed by atoms with Gasteiger partial charge in [0.25, 0.3) is 0 Å². The van der Waals surface area contributed by atoms with Gasteiger partial charge in [-0.3, -0.25) is 4.68 Å². The molecule has 0 unspecified atom stereocenters. The van der Waals surface area contributed by atoms with Crippen LogP contribution in [0.15, 0.2) is 35.5 Å². The number of fused-ring (bicyclic) bond motifs is 1. The number of aromatic amines is 1. The first-order chi connectivity index (χ1) is 11.4. The molecule has 8 heteroatoms. The highest BCUT2D eigenvalue weighted by atomic mass is 32.2. The second-order valence-electron chi connectivity index (χ2n) is 6.12. The number of rotatable bonds is 6. The summed E-state index contributed by atoms with van der Waals surface area (Å²) in [4.78, 5) is 7.23. The zero-order chi connectivity index (χ0) is 17.3. The van der Waals surface area contributed by atoms with E-state index in [1.165, 1.54) is 6.20 Å². The molecule has 3 rings (SSSR count). The van der Waals surface area contributed by atoms with Crippen molar-refractivity contribution >= 4 is 21.1 Å². The van der Waals surface area contributed by atoms with Crippen molar-refractivity contribution in [2.24, 2.45) is 5.92 Å². The van der Waals surface area contributed by atoms with Gasteiger partial charge in [0.05, 0.1) is 5.69 Å². The van der Waals surface area contributed by atoms with Crippen LogP contribution in [0.3, 0.4) is 0 Å². The lowest BCUT2D eigenvalue weighted by molar-refractivity contribution is 0.436. The zero-order valence-electron chi connectivity index (χ0n) is 13.9. The second kappa shape index (κ2) is 6.37. The molecule has 128 valence electrons. The minimum absolute atomic E-state index is 0.112. The Morgan fingerprint density at radius 3 is 2.88 bits per heavy atom. The Morgan fingerprint density at radius 1 is 1.38 bits per heavy atom. The lowest BCUT2D eigenvalue weighted by atomic mass is 10.2. The molecule has 0 aliphatic rings. The largest absolute Gasteiger partial charge is 0.345 e. The van der Waals surface area contributed by atoms with Crippen LogP contribution < -0.4 is 4.72 Å². The third-order valence-corrected chi connectivity index (χ3v) is 5.38. The highest BCUT2D eigenvalue weighted by Crippen LogP contribution is 2.20. The standard InChI is InChI=1S/C16H21N5O2S/c1-11(10-21-13(3)7-12(2)20-21)8-19-24(22,23)15-9-18-16-14(15)5-4-6-17-16/h4-7,9,11,19H,8,10H2,1-3H3,(H,17,18)/t11-/m1/s1. The van der Waals surface area contributed by atoms with Gasteiger partial charge in [0.2, 0.25) is 10.0 Å². The van der Waals surface area contributed by atoms with Crippen LogP contribution in [-0.2, 0) is 16.6 Å². The normalized spacial score (nSPS) is 13.5. The highest BCUT2D eigenvalue weighted by Gasteiger charge is 2.20. The van der Waals surface area contributed by atoms with Crippen LogP contribution in [0.25, 0.3) is 11.0 Å². The van der Waals surface area contributed by atoms with Crippen LogP contribution in [-0.4, -0.2) is 34.7 Å². The van der Waals surface area contributed by atoms with Crippen LogP contribution in [0, 0.1) is 19.8 Å². The van der Waals surface area contributed by atoms with E-state index in [2.05, 4.69) is 19.8 Å².